The molecule has 0 radical (unpaired) electrons. The molecule has 2 rings (SSSR count). The number of rotatable bonds is 9. The molecule has 0 aliphatic heterocycles. The number of thioether (sulfide) groups is 1. The number of hydrogen-bond donors (Lipinski definition) is 2. The maximum Gasteiger partial charge on any atom is 0.225 e. The van der Waals surface area contributed by atoms with Crippen LogP contribution in [0.4, 0.5) is 5.69 Å². The van der Waals surface area contributed by atoms with Gasteiger partial charge in [-0.15, -0.1) is 24.2 Å². The van der Waals surface area contributed by atoms with Crippen LogP contribution in [-0.4, -0.2) is 31.9 Å². The topological polar surface area (TPSA) is 73.6 Å². The van der Waals surface area contributed by atoms with E-state index in [2.05, 4.69) is 5.32 Å². The Morgan fingerprint density at radius 1 is 1.08 bits per heavy atom. The molecule has 0 fully saturated rings. The van der Waals surface area contributed by atoms with Crippen LogP contribution in [0.25, 0.3) is 0 Å². The van der Waals surface area contributed by atoms with Gasteiger partial charge in [-0.05, 0) is 48.5 Å². The van der Waals surface area contributed by atoms with Gasteiger partial charge in [-0.2, -0.15) is 0 Å². The monoisotopic (exact) mass is 382 g/mol. The highest BCUT2D eigenvalue weighted by Gasteiger charge is 2.04. The summed E-state index contributed by atoms with van der Waals surface area (Å²) in [6.45, 7) is 0.957. The fourth-order valence-electron chi connectivity index (χ4n) is 1.97. The molecule has 0 aromatic heterocycles. The molecule has 0 spiro atoms. The minimum Gasteiger partial charge on any atom is -0.497 e. The summed E-state index contributed by atoms with van der Waals surface area (Å²) in [5.41, 5.74) is 6.14. The van der Waals surface area contributed by atoms with Crippen LogP contribution in [-0.2, 0) is 4.79 Å². The molecule has 3 N–H and O–H groups in total. The van der Waals surface area contributed by atoms with Crippen molar-refractivity contribution in [3.8, 4) is 11.5 Å². The maximum atomic E-state index is 12.0. The normalized spacial score (nSPS) is 9.84. The first-order valence-corrected chi connectivity index (χ1v) is 8.69. The number of carbonyl (C=O) groups excluding carboxylic acids is 1. The van der Waals surface area contributed by atoms with Gasteiger partial charge in [0.2, 0.25) is 5.91 Å². The molecule has 0 bridgehead atoms. The summed E-state index contributed by atoms with van der Waals surface area (Å²) < 4.78 is 10.5. The van der Waals surface area contributed by atoms with Crippen LogP contribution in [0, 0.1) is 0 Å². The van der Waals surface area contributed by atoms with Crippen LogP contribution in [0.1, 0.15) is 6.42 Å². The Balaban J connectivity index is 0.00000312. The Morgan fingerprint density at radius 3 is 2.32 bits per heavy atom. The van der Waals surface area contributed by atoms with E-state index < -0.39 is 0 Å². The lowest BCUT2D eigenvalue weighted by atomic mass is 10.3. The zero-order valence-corrected chi connectivity index (χ0v) is 15.7. The van der Waals surface area contributed by atoms with Crippen LogP contribution >= 0.6 is 24.2 Å². The summed E-state index contributed by atoms with van der Waals surface area (Å²) in [4.78, 5) is 13.1. The fourth-order valence-corrected chi connectivity index (χ4v) is 2.82. The molecule has 0 heterocycles. The Bertz CT molecular complexity index is 636. The zero-order chi connectivity index (χ0) is 17.2. The van der Waals surface area contributed by atoms with Gasteiger partial charge in [0.1, 0.15) is 18.1 Å². The van der Waals surface area contributed by atoms with Crippen molar-refractivity contribution < 1.29 is 14.3 Å². The van der Waals surface area contributed by atoms with Gasteiger partial charge in [0.05, 0.1) is 7.11 Å². The molecule has 2 aromatic rings. The van der Waals surface area contributed by atoms with Crippen LogP contribution in [0.3, 0.4) is 0 Å². The lowest BCUT2D eigenvalue weighted by molar-refractivity contribution is -0.115. The third-order valence-corrected chi connectivity index (χ3v) is 4.20. The molecule has 25 heavy (non-hydrogen) atoms. The Hall–Kier alpha value is -1.89. The quantitative estimate of drug-likeness (QED) is 0.648. The highest BCUT2D eigenvalue weighted by atomic mass is 35.5. The lowest BCUT2D eigenvalue weighted by Gasteiger charge is -2.08. The van der Waals surface area contributed by atoms with Crippen LogP contribution in [0.5, 0.6) is 11.5 Å². The summed E-state index contributed by atoms with van der Waals surface area (Å²) >= 11 is 1.64. The molecule has 0 atom stereocenters. The van der Waals surface area contributed by atoms with E-state index in [-0.39, 0.29) is 18.3 Å². The summed E-state index contributed by atoms with van der Waals surface area (Å²) in [5.74, 6) is 2.28. The van der Waals surface area contributed by atoms with E-state index in [0.717, 1.165) is 27.8 Å². The number of anilines is 1. The van der Waals surface area contributed by atoms with E-state index in [1.807, 2.05) is 48.5 Å². The van der Waals surface area contributed by atoms with E-state index in [0.29, 0.717) is 19.6 Å². The molecule has 0 aliphatic rings. The highest BCUT2D eigenvalue weighted by molar-refractivity contribution is 7.99. The van der Waals surface area contributed by atoms with Gasteiger partial charge < -0.3 is 20.5 Å². The van der Waals surface area contributed by atoms with Crippen molar-refractivity contribution in [3.05, 3.63) is 48.5 Å². The molecular weight excluding hydrogens is 360 g/mol. The number of nitrogens with two attached hydrogens (primary N) is 1. The molecule has 136 valence electrons. The smallest absolute Gasteiger partial charge is 0.225 e. The fraction of sp³-hybridized carbons (Fsp3) is 0.278. The molecule has 5 nitrogen and oxygen atoms in total. The predicted molar refractivity (Wildman–Crippen MR) is 105 cm³/mol. The summed E-state index contributed by atoms with van der Waals surface area (Å²) in [7, 11) is 1.64. The Kier molecular flexibility index (Phi) is 9.84. The standard InChI is InChI=1S/C18H22N2O3S.ClH/c1-22-15-6-8-17(9-7-15)24-13-10-18(21)20-14-2-4-16(5-3-14)23-12-11-19;/h2-9H,10-13,19H2,1H3,(H,20,21);1H. The van der Waals surface area contributed by atoms with Gasteiger partial charge in [0.25, 0.3) is 0 Å². The van der Waals surface area contributed by atoms with Gasteiger partial charge in [-0.3, -0.25) is 4.79 Å². The number of methoxy groups -OCH3 is 1. The third kappa shape index (κ3) is 7.69. The average molecular weight is 383 g/mol. The first kappa shape index (κ1) is 21.2. The van der Waals surface area contributed by atoms with Gasteiger partial charge >= 0.3 is 0 Å². The number of ether oxygens (including phenoxy) is 2. The van der Waals surface area contributed by atoms with Crippen molar-refractivity contribution in [2.24, 2.45) is 5.73 Å². The number of hydrogen-bond acceptors (Lipinski definition) is 5. The second-order valence-electron chi connectivity index (χ2n) is 4.98. The van der Waals surface area contributed by atoms with Crippen molar-refractivity contribution in [3.63, 3.8) is 0 Å². The van der Waals surface area contributed by atoms with Gasteiger partial charge in [-0.1, -0.05) is 0 Å². The van der Waals surface area contributed by atoms with Crippen molar-refractivity contribution in [2.45, 2.75) is 11.3 Å². The Labute approximate surface area is 158 Å². The number of benzene rings is 2. The van der Waals surface area contributed by atoms with Crippen molar-refractivity contribution in [2.75, 3.05) is 31.3 Å². The zero-order valence-electron chi connectivity index (χ0n) is 14.1. The Morgan fingerprint density at radius 2 is 1.72 bits per heavy atom. The number of nitrogens with one attached hydrogen (secondary N) is 1. The number of halogens is 1. The molecule has 0 saturated carbocycles. The second-order valence-corrected chi connectivity index (χ2v) is 6.15. The first-order chi connectivity index (χ1) is 11.7. The molecular formula is C18H23ClN2O3S. The summed E-state index contributed by atoms with van der Waals surface area (Å²) in [6.07, 6.45) is 0.447. The minimum absolute atomic E-state index is 0. The van der Waals surface area contributed by atoms with Gasteiger partial charge in [0, 0.05) is 29.3 Å². The minimum atomic E-state index is -0.00774. The van der Waals surface area contributed by atoms with E-state index in [1.165, 1.54) is 0 Å². The number of amides is 1. The second kappa shape index (κ2) is 11.6. The van der Waals surface area contributed by atoms with E-state index in [4.69, 9.17) is 15.2 Å². The molecule has 1 amide bonds. The van der Waals surface area contributed by atoms with Crippen LogP contribution < -0.4 is 20.5 Å². The van der Waals surface area contributed by atoms with Gasteiger partial charge in [-0.25, -0.2) is 0 Å². The first-order valence-electron chi connectivity index (χ1n) is 7.71. The van der Waals surface area contributed by atoms with Crippen LogP contribution in [0.2, 0.25) is 0 Å². The van der Waals surface area contributed by atoms with E-state index in [1.54, 1.807) is 18.9 Å². The third-order valence-electron chi connectivity index (χ3n) is 3.18. The molecule has 2 aromatic carbocycles. The largest absolute Gasteiger partial charge is 0.497 e. The van der Waals surface area contributed by atoms with Crippen LogP contribution in [0.15, 0.2) is 53.4 Å². The van der Waals surface area contributed by atoms with E-state index >= 15 is 0 Å². The van der Waals surface area contributed by atoms with Gasteiger partial charge in [0.15, 0.2) is 0 Å². The van der Waals surface area contributed by atoms with Crippen molar-refractivity contribution in [1.29, 1.82) is 0 Å². The SMILES string of the molecule is COc1ccc(SCCC(=O)Nc2ccc(OCCN)cc2)cc1.Cl. The van der Waals surface area contributed by atoms with E-state index in [9.17, 15) is 4.79 Å². The summed E-state index contributed by atoms with van der Waals surface area (Å²) in [6, 6.07) is 15.1. The molecule has 0 aliphatic carbocycles. The highest BCUT2D eigenvalue weighted by Crippen LogP contribution is 2.22. The van der Waals surface area contributed by atoms with Crippen molar-refractivity contribution >= 4 is 35.8 Å². The lowest BCUT2D eigenvalue weighted by Crippen LogP contribution is -2.12. The maximum absolute atomic E-state index is 12.0. The molecule has 0 saturated heterocycles. The number of carbonyl (C=O) groups is 1. The molecule has 0 unspecified atom stereocenters. The van der Waals surface area contributed by atoms with Crippen molar-refractivity contribution in [1.82, 2.24) is 0 Å². The summed E-state index contributed by atoms with van der Waals surface area (Å²) in [5, 5.41) is 2.88. The predicted octanol–water partition coefficient (Wildman–Crippen LogP) is 3.58. The average Bonchev–Trinajstić information content (AvgIpc) is 2.62. The molecule has 7 heteroatoms.